The van der Waals surface area contributed by atoms with E-state index in [0.717, 1.165) is 64.4 Å². The van der Waals surface area contributed by atoms with Crippen molar-refractivity contribution in [3.05, 3.63) is 69.9 Å². The maximum atomic E-state index is 13.2. The summed E-state index contributed by atoms with van der Waals surface area (Å²) in [5.41, 5.74) is 6.17. The molecule has 7 heteroatoms. The highest BCUT2D eigenvalue weighted by molar-refractivity contribution is 5.85. The molecule has 1 atom stereocenters. The van der Waals surface area contributed by atoms with Crippen molar-refractivity contribution in [1.82, 2.24) is 19.7 Å². The minimum atomic E-state index is -0.0289. The summed E-state index contributed by atoms with van der Waals surface area (Å²) in [5, 5.41) is 11.7. The zero-order chi connectivity index (χ0) is 21.5. The van der Waals surface area contributed by atoms with Crippen LogP contribution in [0.3, 0.4) is 0 Å². The molecule has 158 valence electrons. The maximum Gasteiger partial charge on any atom is 0.258 e. The molecule has 1 fully saturated rings. The van der Waals surface area contributed by atoms with Gasteiger partial charge in [-0.1, -0.05) is 6.07 Å². The molecule has 0 saturated carbocycles. The fourth-order valence-electron chi connectivity index (χ4n) is 4.18. The lowest BCUT2D eigenvalue weighted by Crippen LogP contribution is -2.19. The fraction of sp³-hybridized carbons (Fsp3) is 0.292. The highest BCUT2D eigenvalue weighted by atomic mass is 16.5. The molecule has 0 amide bonds. The van der Waals surface area contributed by atoms with Crippen molar-refractivity contribution >= 4 is 22.4 Å². The van der Waals surface area contributed by atoms with Crippen molar-refractivity contribution in [2.24, 2.45) is 7.05 Å². The Morgan fingerprint density at radius 3 is 2.84 bits per heavy atom. The Bertz CT molecular complexity index is 1330. The predicted molar refractivity (Wildman–Crippen MR) is 122 cm³/mol. The van der Waals surface area contributed by atoms with Crippen LogP contribution in [0.1, 0.15) is 35.9 Å². The van der Waals surface area contributed by atoms with Crippen molar-refractivity contribution in [3.8, 4) is 11.1 Å². The molecule has 31 heavy (non-hydrogen) atoms. The zero-order valence-electron chi connectivity index (χ0n) is 17.9. The van der Waals surface area contributed by atoms with E-state index in [1.165, 1.54) is 0 Å². The quantitative estimate of drug-likeness (QED) is 0.511. The maximum absolute atomic E-state index is 13.2. The van der Waals surface area contributed by atoms with Crippen LogP contribution in [0.25, 0.3) is 22.0 Å². The van der Waals surface area contributed by atoms with Crippen LogP contribution in [-0.2, 0) is 11.8 Å². The first kappa shape index (κ1) is 19.5. The molecule has 1 aliphatic heterocycles. The number of aryl methyl sites for hydroxylation is 3. The van der Waals surface area contributed by atoms with Crippen LogP contribution in [0.15, 0.2) is 47.4 Å². The first-order valence-corrected chi connectivity index (χ1v) is 10.5. The second-order valence-electron chi connectivity index (χ2n) is 8.17. The van der Waals surface area contributed by atoms with E-state index in [2.05, 4.69) is 20.5 Å². The Balaban J connectivity index is 1.51. The molecule has 1 aromatic carbocycles. The highest BCUT2D eigenvalue weighted by Gasteiger charge is 2.20. The lowest BCUT2D eigenvalue weighted by atomic mass is 9.99. The van der Waals surface area contributed by atoms with Crippen molar-refractivity contribution < 1.29 is 4.74 Å². The third-order valence-corrected chi connectivity index (χ3v) is 5.92. The summed E-state index contributed by atoms with van der Waals surface area (Å²) in [4.78, 5) is 17.6. The van der Waals surface area contributed by atoms with Gasteiger partial charge in [0.25, 0.3) is 5.56 Å². The van der Waals surface area contributed by atoms with Gasteiger partial charge >= 0.3 is 0 Å². The number of nitrogens with zero attached hydrogens (tertiary/aromatic N) is 3. The minimum Gasteiger partial charge on any atom is -0.372 e. The number of anilines is 2. The number of benzene rings is 1. The van der Waals surface area contributed by atoms with E-state index < -0.39 is 0 Å². The number of fused-ring (bicyclic) bond motifs is 1. The summed E-state index contributed by atoms with van der Waals surface area (Å²) in [6, 6.07) is 11.9. The van der Waals surface area contributed by atoms with Crippen LogP contribution in [-0.4, -0.2) is 26.4 Å². The highest BCUT2D eigenvalue weighted by Crippen LogP contribution is 2.31. The molecule has 0 spiro atoms. The SMILES string of the molecule is Cc1cc2c(cn1)cc(-c1cc(Nc3cc([C@@H]4CCCO4)[nH]n3)ccc1C)c(=O)n2C. The predicted octanol–water partition coefficient (Wildman–Crippen LogP) is 4.54. The Labute approximate surface area is 180 Å². The lowest BCUT2D eigenvalue weighted by molar-refractivity contribution is 0.108. The molecule has 1 saturated heterocycles. The van der Waals surface area contributed by atoms with E-state index in [1.54, 1.807) is 11.6 Å². The number of hydrogen-bond acceptors (Lipinski definition) is 5. The van der Waals surface area contributed by atoms with Gasteiger partial charge < -0.3 is 14.6 Å². The van der Waals surface area contributed by atoms with E-state index in [9.17, 15) is 4.79 Å². The van der Waals surface area contributed by atoms with Crippen molar-refractivity contribution in [1.29, 1.82) is 0 Å². The Hall–Kier alpha value is -3.45. The molecule has 7 nitrogen and oxygen atoms in total. The van der Waals surface area contributed by atoms with Crippen LogP contribution < -0.4 is 10.9 Å². The minimum absolute atomic E-state index is 0.0289. The van der Waals surface area contributed by atoms with E-state index in [-0.39, 0.29) is 11.7 Å². The number of rotatable bonds is 4. The van der Waals surface area contributed by atoms with Gasteiger partial charge in [-0.2, -0.15) is 5.10 Å². The summed E-state index contributed by atoms with van der Waals surface area (Å²) < 4.78 is 7.42. The molecule has 0 aliphatic carbocycles. The number of aromatic amines is 1. The Morgan fingerprint density at radius 1 is 1.16 bits per heavy atom. The number of nitrogens with one attached hydrogen (secondary N) is 2. The molecule has 4 aromatic rings. The number of aromatic nitrogens is 4. The van der Waals surface area contributed by atoms with Crippen LogP contribution in [0, 0.1) is 13.8 Å². The van der Waals surface area contributed by atoms with Crippen molar-refractivity contribution in [2.75, 3.05) is 11.9 Å². The largest absolute Gasteiger partial charge is 0.372 e. The average Bonchev–Trinajstić information content (AvgIpc) is 3.45. The lowest BCUT2D eigenvalue weighted by Gasteiger charge is -2.13. The van der Waals surface area contributed by atoms with Gasteiger partial charge in [0.2, 0.25) is 0 Å². The first-order chi connectivity index (χ1) is 15.0. The molecule has 0 unspecified atom stereocenters. The molecular formula is C24H25N5O2. The number of hydrogen-bond donors (Lipinski definition) is 2. The van der Waals surface area contributed by atoms with Crippen LogP contribution >= 0.6 is 0 Å². The van der Waals surface area contributed by atoms with Gasteiger partial charge in [-0.25, -0.2) is 0 Å². The molecule has 2 N–H and O–H groups in total. The molecule has 0 radical (unpaired) electrons. The van der Waals surface area contributed by atoms with Gasteiger partial charge in [0.15, 0.2) is 5.82 Å². The third kappa shape index (κ3) is 3.61. The fourth-order valence-corrected chi connectivity index (χ4v) is 4.18. The number of H-pyrrole nitrogens is 1. The number of pyridine rings is 2. The molecule has 1 aliphatic rings. The Morgan fingerprint density at radius 2 is 2.03 bits per heavy atom. The van der Waals surface area contributed by atoms with Gasteiger partial charge in [-0.3, -0.25) is 14.9 Å². The monoisotopic (exact) mass is 415 g/mol. The van der Waals surface area contributed by atoms with E-state index >= 15 is 0 Å². The first-order valence-electron chi connectivity index (χ1n) is 10.5. The van der Waals surface area contributed by atoms with Gasteiger partial charge in [-0.15, -0.1) is 0 Å². The second-order valence-corrected chi connectivity index (χ2v) is 8.17. The molecule has 0 bridgehead atoms. The summed E-state index contributed by atoms with van der Waals surface area (Å²) in [5.74, 6) is 0.728. The summed E-state index contributed by atoms with van der Waals surface area (Å²) in [6.07, 6.45) is 4.00. The molecule has 3 aromatic heterocycles. The van der Waals surface area contributed by atoms with Crippen LogP contribution in [0.5, 0.6) is 0 Å². The van der Waals surface area contributed by atoms with Gasteiger partial charge in [-0.05, 0) is 62.1 Å². The van der Waals surface area contributed by atoms with Crippen LogP contribution in [0.4, 0.5) is 11.5 Å². The van der Waals surface area contributed by atoms with E-state index in [0.29, 0.717) is 5.56 Å². The second kappa shape index (κ2) is 7.67. The smallest absolute Gasteiger partial charge is 0.258 e. The molecule has 4 heterocycles. The van der Waals surface area contributed by atoms with E-state index in [4.69, 9.17) is 4.74 Å². The van der Waals surface area contributed by atoms with Gasteiger partial charge in [0.1, 0.15) is 0 Å². The molecular weight excluding hydrogens is 390 g/mol. The summed E-state index contributed by atoms with van der Waals surface area (Å²) in [7, 11) is 1.81. The number of ether oxygens (including phenoxy) is 1. The zero-order valence-corrected chi connectivity index (χ0v) is 17.9. The van der Waals surface area contributed by atoms with Crippen molar-refractivity contribution in [2.45, 2.75) is 32.8 Å². The molecule has 5 rings (SSSR count). The summed E-state index contributed by atoms with van der Waals surface area (Å²) >= 11 is 0. The normalized spacial score (nSPS) is 16.2. The van der Waals surface area contributed by atoms with Crippen molar-refractivity contribution in [3.63, 3.8) is 0 Å². The van der Waals surface area contributed by atoms with E-state index in [1.807, 2.05) is 56.4 Å². The summed E-state index contributed by atoms with van der Waals surface area (Å²) in [6.45, 7) is 4.74. The van der Waals surface area contributed by atoms with Gasteiger partial charge in [0, 0.05) is 48.2 Å². The Kier molecular flexibility index (Phi) is 4.82. The topological polar surface area (TPSA) is 84.8 Å². The average molecular weight is 415 g/mol. The van der Waals surface area contributed by atoms with Gasteiger partial charge in [0.05, 0.1) is 17.3 Å². The standard InChI is InChI=1S/C24H25N5O2/c1-14-6-7-17(26-23-12-20(27-28-23)22-5-4-8-31-22)11-18(14)19-10-16-13-25-15(2)9-21(16)29(3)24(19)30/h6-7,9-13,22H,4-5,8H2,1-3H3,(H2,26,27,28)/t22-/m0/s1. The third-order valence-electron chi connectivity index (χ3n) is 5.92. The van der Waals surface area contributed by atoms with Crippen LogP contribution in [0.2, 0.25) is 0 Å².